The van der Waals surface area contributed by atoms with E-state index in [0.717, 1.165) is 0 Å². The second-order valence-corrected chi connectivity index (χ2v) is 10.1. The zero-order valence-electron chi connectivity index (χ0n) is 22.9. The molecule has 5 rings (SSSR count). The molecule has 3 atom stereocenters. The van der Waals surface area contributed by atoms with Crippen molar-refractivity contribution in [2.45, 2.75) is 57.1 Å². The molecule has 0 fully saturated rings. The first-order chi connectivity index (χ1) is 19.3. The monoisotopic (exact) mass is 564 g/mol. The van der Waals surface area contributed by atoms with Crippen molar-refractivity contribution >= 4 is 11.6 Å². The third-order valence-corrected chi connectivity index (χ3v) is 6.76. The van der Waals surface area contributed by atoms with Crippen molar-refractivity contribution < 1.29 is 25.8 Å². The van der Waals surface area contributed by atoms with Crippen molar-refractivity contribution in [3.05, 3.63) is 92.4 Å². The summed E-state index contributed by atoms with van der Waals surface area (Å²) in [6.07, 6.45) is 2.63. The van der Waals surface area contributed by atoms with Crippen LogP contribution in [0.1, 0.15) is 58.0 Å². The van der Waals surface area contributed by atoms with Crippen molar-refractivity contribution in [2.24, 2.45) is 0 Å². The number of alkyl halides is 1. The summed E-state index contributed by atoms with van der Waals surface area (Å²) in [5, 5.41) is 15.9. The molecule has 2 aliphatic heterocycles. The largest absolute Gasteiger partial charge is 0.485 e. The lowest BCUT2D eigenvalue weighted by Crippen LogP contribution is -2.47. The molecule has 0 aromatic carbocycles. The van der Waals surface area contributed by atoms with E-state index < -0.39 is 64.1 Å². The summed E-state index contributed by atoms with van der Waals surface area (Å²) in [6, 6.07) is 1.08. The number of nitrogens with zero attached hydrogens (tertiary/aromatic N) is 4. The van der Waals surface area contributed by atoms with Crippen molar-refractivity contribution in [1.29, 1.82) is 0 Å². The summed E-state index contributed by atoms with van der Waals surface area (Å²) in [7, 11) is 0. The topological polar surface area (TPSA) is 114 Å². The molecule has 9 nitrogen and oxygen atoms in total. The average molecular weight is 565 g/mol. The van der Waals surface area contributed by atoms with Crippen LogP contribution in [0.4, 0.5) is 13.2 Å². The maximum Gasteiger partial charge on any atom is 0.274 e. The maximum absolute atomic E-state index is 16.4. The summed E-state index contributed by atoms with van der Waals surface area (Å²) < 4.78 is 67.0. The van der Waals surface area contributed by atoms with Crippen LogP contribution in [0.2, 0.25) is 5.02 Å². The molecule has 5 heterocycles. The van der Waals surface area contributed by atoms with Crippen LogP contribution in [0, 0.1) is 11.6 Å². The zero-order chi connectivity index (χ0) is 29.7. The van der Waals surface area contributed by atoms with Crippen LogP contribution in [0.25, 0.3) is 0 Å². The quantitative estimate of drug-likeness (QED) is 0.432. The van der Waals surface area contributed by atoms with E-state index in [1.165, 1.54) is 36.7 Å². The number of allylic oxidation sites excluding steroid dienone is 1. The molecule has 2 aliphatic rings. The zero-order valence-corrected chi connectivity index (χ0v) is 21.6. The molecule has 0 saturated carbocycles. The van der Waals surface area contributed by atoms with Gasteiger partial charge in [0, 0.05) is 36.8 Å². The van der Waals surface area contributed by atoms with Crippen LogP contribution in [0.5, 0.6) is 5.75 Å². The lowest BCUT2D eigenvalue weighted by Gasteiger charge is -2.38. The molecular formula is C26H26ClF3N6O3. The first-order valence-electron chi connectivity index (χ1n) is 13.1. The minimum absolute atomic E-state index is 0.0957. The van der Waals surface area contributed by atoms with E-state index in [4.69, 9.17) is 19.1 Å². The molecule has 0 radical (unpaired) electrons. The van der Waals surface area contributed by atoms with Gasteiger partial charge in [0.1, 0.15) is 46.5 Å². The molecule has 0 bridgehead atoms. The van der Waals surface area contributed by atoms with Crippen LogP contribution in [0.15, 0.2) is 47.3 Å². The molecule has 206 valence electrons. The van der Waals surface area contributed by atoms with Crippen molar-refractivity contribution in [2.75, 3.05) is 6.54 Å². The molecule has 1 unspecified atom stereocenters. The molecule has 39 heavy (non-hydrogen) atoms. The van der Waals surface area contributed by atoms with E-state index in [1.54, 1.807) is 6.20 Å². The number of aryl methyl sites for hydroxylation is 1. The van der Waals surface area contributed by atoms with Crippen LogP contribution in [-0.4, -0.2) is 37.3 Å². The van der Waals surface area contributed by atoms with Gasteiger partial charge in [-0.3, -0.25) is 14.3 Å². The minimum Gasteiger partial charge on any atom is -0.485 e. The third-order valence-electron chi connectivity index (χ3n) is 6.41. The van der Waals surface area contributed by atoms with Crippen LogP contribution < -0.4 is 20.9 Å². The van der Waals surface area contributed by atoms with Crippen LogP contribution in [0.3, 0.4) is 0 Å². The van der Waals surface area contributed by atoms with E-state index >= 15 is 4.39 Å². The highest BCUT2D eigenvalue weighted by molar-refractivity contribution is 6.31. The van der Waals surface area contributed by atoms with Crippen molar-refractivity contribution in [1.82, 2.24) is 30.2 Å². The van der Waals surface area contributed by atoms with E-state index in [-0.39, 0.29) is 17.9 Å². The van der Waals surface area contributed by atoms with Gasteiger partial charge in [0.15, 0.2) is 17.8 Å². The Morgan fingerprint density at radius 1 is 1.33 bits per heavy atom. The Hall–Kier alpha value is -3.64. The highest BCUT2D eigenvalue weighted by Gasteiger charge is 2.41. The first kappa shape index (κ1) is 24.4. The van der Waals surface area contributed by atoms with Gasteiger partial charge >= 0.3 is 0 Å². The predicted molar refractivity (Wildman–Crippen MR) is 136 cm³/mol. The number of rotatable bonds is 5. The summed E-state index contributed by atoms with van der Waals surface area (Å²) in [4.78, 5) is 25.5. The van der Waals surface area contributed by atoms with Gasteiger partial charge in [-0.2, -0.15) is 0 Å². The molecule has 0 saturated heterocycles. The molecule has 0 amide bonds. The van der Waals surface area contributed by atoms with Gasteiger partial charge in [0.2, 0.25) is 0 Å². The lowest BCUT2D eigenvalue weighted by molar-refractivity contribution is 0.0678. The fraction of sp³-hybridized carbons (Fsp3) is 0.385. The van der Waals surface area contributed by atoms with Gasteiger partial charge in [0.05, 0.1) is 20.3 Å². The van der Waals surface area contributed by atoms with Crippen LogP contribution in [-0.2, 0) is 18.6 Å². The highest BCUT2D eigenvalue weighted by Crippen LogP contribution is 2.37. The van der Waals surface area contributed by atoms with Crippen molar-refractivity contribution in [3.8, 4) is 5.75 Å². The Balaban J connectivity index is 1.56. The van der Waals surface area contributed by atoms with Gasteiger partial charge in [-0.15, -0.1) is 0 Å². The summed E-state index contributed by atoms with van der Waals surface area (Å²) in [5.41, 5.74) is -2.12. The van der Waals surface area contributed by atoms with E-state index in [9.17, 15) is 18.7 Å². The van der Waals surface area contributed by atoms with E-state index in [2.05, 4.69) is 25.6 Å². The summed E-state index contributed by atoms with van der Waals surface area (Å²) in [5.74, 6) is -2.59. The standard InChI is InChI=1S/C26H26ClF3N6O3/c1-26(2,38)25-32-7-5-16(35-25)22-21(30)23-17(11-34-22)31-6-3-4-14-9-19(20(27)24(37)36(14)23)39-12-18-15(29)8-13(28)10-33-18/h5,7-11,21-23,31,34,38H,3-4,6,12H2,1-2H3/t21-,22+,23?/m1/s1/i12D2. The third kappa shape index (κ3) is 5.30. The van der Waals surface area contributed by atoms with E-state index in [1.807, 2.05) is 0 Å². The number of hydrogen-bond donors (Lipinski definition) is 3. The first-order valence-corrected chi connectivity index (χ1v) is 12.5. The fourth-order valence-electron chi connectivity index (χ4n) is 4.53. The SMILES string of the molecule is [2H]C([2H])(Oc1cc2n(c(=O)c1Cl)C1C(=CN[C@@H](c3ccnc(C(C)(C)O)n3)[C@H]1F)NCCC2)c1ncc(F)cc1F. The smallest absolute Gasteiger partial charge is 0.274 e. The Labute approximate surface area is 229 Å². The number of ether oxygens (including phenoxy) is 1. The summed E-state index contributed by atoms with van der Waals surface area (Å²) >= 11 is 6.36. The number of pyridine rings is 2. The number of nitrogens with one attached hydrogen (secondary N) is 2. The molecule has 3 aromatic rings. The lowest BCUT2D eigenvalue weighted by atomic mass is 9.93. The average Bonchev–Trinajstić information content (AvgIpc) is 2.88. The molecule has 3 aromatic heterocycles. The number of fused-ring (bicyclic) bond motifs is 3. The van der Waals surface area contributed by atoms with Gasteiger partial charge in [-0.1, -0.05) is 11.6 Å². The fourth-order valence-corrected chi connectivity index (χ4v) is 4.71. The second kappa shape index (κ2) is 10.5. The number of aromatic nitrogens is 4. The molecule has 0 spiro atoms. The Bertz CT molecular complexity index is 1580. The second-order valence-electron chi connectivity index (χ2n) is 9.70. The van der Waals surface area contributed by atoms with E-state index in [0.29, 0.717) is 36.6 Å². The summed E-state index contributed by atoms with van der Waals surface area (Å²) in [6.45, 7) is 0.528. The van der Waals surface area contributed by atoms with Crippen LogP contribution >= 0.6 is 11.6 Å². The highest BCUT2D eigenvalue weighted by atomic mass is 35.5. The predicted octanol–water partition coefficient (Wildman–Crippen LogP) is 3.37. The minimum atomic E-state index is -2.92. The van der Waals surface area contributed by atoms with Crippen molar-refractivity contribution in [3.63, 3.8) is 0 Å². The normalized spacial score (nSPS) is 22.0. The Kier molecular flexibility index (Phi) is 6.57. The Morgan fingerprint density at radius 3 is 2.87 bits per heavy atom. The van der Waals surface area contributed by atoms with Gasteiger partial charge in [0.25, 0.3) is 5.56 Å². The van der Waals surface area contributed by atoms with Gasteiger partial charge in [-0.25, -0.2) is 23.1 Å². The molecular weight excluding hydrogens is 537 g/mol. The Morgan fingerprint density at radius 2 is 2.13 bits per heavy atom. The number of aliphatic hydroxyl groups is 1. The van der Waals surface area contributed by atoms with Gasteiger partial charge < -0.3 is 20.5 Å². The number of hydrogen-bond acceptors (Lipinski definition) is 8. The molecule has 13 heteroatoms. The molecule has 3 N–H and O–H groups in total. The van der Waals surface area contributed by atoms with Gasteiger partial charge in [-0.05, 0) is 32.8 Å². The number of halogens is 4. The molecule has 0 aliphatic carbocycles. The maximum atomic E-state index is 16.4.